The van der Waals surface area contributed by atoms with E-state index in [1.165, 1.54) is 12.8 Å². The maximum atomic E-state index is 9.31. The van der Waals surface area contributed by atoms with E-state index in [1.54, 1.807) is 0 Å². The largest absolute Gasteiger partial charge is 0.393 e. The van der Waals surface area contributed by atoms with E-state index in [0.29, 0.717) is 0 Å². The van der Waals surface area contributed by atoms with Gasteiger partial charge in [-0.2, -0.15) is 0 Å². The predicted molar refractivity (Wildman–Crippen MR) is 57.4 cm³/mol. The lowest BCUT2D eigenvalue weighted by Gasteiger charge is -2.29. The Kier molecular flexibility index (Phi) is 6.15. The highest BCUT2D eigenvalue weighted by molar-refractivity contribution is 4.70. The summed E-state index contributed by atoms with van der Waals surface area (Å²) in [6.45, 7) is 6.99. The van der Waals surface area contributed by atoms with Crippen LogP contribution >= 0.6 is 0 Å². The van der Waals surface area contributed by atoms with Crippen LogP contribution in [0.5, 0.6) is 0 Å². The van der Waals surface area contributed by atoms with Crippen molar-refractivity contribution in [2.24, 2.45) is 0 Å². The maximum Gasteiger partial charge on any atom is 0.0593 e. The van der Waals surface area contributed by atoms with Crippen LogP contribution in [0.4, 0.5) is 0 Å². The Morgan fingerprint density at radius 3 is 2.64 bits per heavy atom. The van der Waals surface area contributed by atoms with Crippen LogP contribution in [-0.2, 0) is 4.74 Å². The van der Waals surface area contributed by atoms with Crippen molar-refractivity contribution in [2.45, 2.75) is 38.7 Å². The summed E-state index contributed by atoms with van der Waals surface area (Å²) in [6, 6.07) is 0. The van der Waals surface area contributed by atoms with Crippen molar-refractivity contribution in [1.82, 2.24) is 4.90 Å². The van der Waals surface area contributed by atoms with Crippen LogP contribution in [0, 0.1) is 0 Å². The fourth-order valence-corrected chi connectivity index (χ4v) is 1.69. The summed E-state index contributed by atoms with van der Waals surface area (Å²) in [5, 5.41) is 9.31. The van der Waals surface area contributed by atoms with Gasteiger partial charge in [-0.25, -0.2) is 0 Å². The minimum Gasteiger partial charge on any atom is -0.393 e. The first-order valence-corrected chi connectivity index (χ1v) is 5.81. The van der Waals surface area contributed by atoms with Gasteiger partial charge in [0, 0.05) is 26.2 Å². The van der Waals surface area contributed by atoms with Gasteiger partial charge in [-0.05, 0) is 19.3 Å². The Morgan fingerprint density at radius 2 is 2.00 bits per heavy atom. The fraction of sp³-hybridized carbons (Fsp3) is 1.00. The highest BCUT2D eigenvalue weighted by Gasteiger charge is 2.15. The van der Waals surface area contributed by atoms with Gasteiger partial charge in [-0.15, -0.1) is 0 Å². The Balaban J connectivity index is 1.91. The molecule has 84 valence electrons. The van der Waals surface area contributed by atoms with E-state index in [1.807, 2.05) is 0 Å². The fourth-order valence-electron chi connectivity index (χ4n) is 1.69. The Hall–Kier alpha value is -0.120. The molecule has 0 amide bonds. The number of nitrogens with zero attached hydrogens (tertiary/aromatic N) is 1. The number of likely N-dealkylation sites (tertiary alicyclic amines) is 1. The van der Waals surface area contributed by atoms with Gasteiger partial charge in [-0.3, -0.25) is 0 Å². The van der Waals surface area contributed by atoms with Crippen molar-refractivity contribution in [3.8, 4) is 0 Å². The molecule has 1 rings (SSSR count). The predicted octanol–water partition coefficient (Wildman–Crippen LogP) is 1.26. The molecule has 1 aliphatic heterocycles. The van der Waals surface area contributed by atoms with E-state index in [4.69, 9.17) is 4.74 Å². The number of unbranched alkanes of at least 4 members (excludes halogenated alkanes) is 1. The molecule has 0 bridgehead atoms. The molecule has 1 fully saturated rings. The number of hydrogen-bond donors (Lipinski definition) is 1. The number of aliphatic hydroxyl groups excluding tert-OH is 1. The van der Waals surface area contributed by atoms with Gasteiger partial charge < -0.3 is 14.7 Å². The molecule has 0 aromatic heterocycles. The number of aliphatic hydroxyl groups is 1. The molecule has 0 saturated carbocycles. The van der Waals surface area contributed by atoms with E-state index >= 15 is 0 Å². The molecule has 0 aliphatic carbocycles. The smallest absolute Gasteiger partial charge is 0.0593 e. The highest BCUT2D eigenvalue weighted by Crippen LogP contribution is 2.08. The second-order valence-electron chi connectivity index (χ2n) is 4.04. The molecule has 0 aromatic carbocycles. The average molecular weight is 201 g/mol. The van der Waals surface area contributed by atoms with Crippen LogP contribution in [-0.4, -0.2) is 49.0 Å². The number of piperidine rings is 1. The summed E-state index contributed by atoms with van der Waals surface area (Å²) in [5.74, 6) is 0. The van der Waals surface area contributed by atoms with Gasteiger partial charge in [0.15, 0.2) is 0 Å². The number of ether oxygens (including phenoxy) is 1. The van der Waals surface area contributed by atoms with E-state index < -0.39 is 0 Å². The summed E-state index contributed by atoms with van der Waals surface area (Å²) in [6.07, 6.45) is 4.16. The molecule has 0 aromatic rings. The van der Waals surface area contributed by atoms with Crippen molar-refractivity contribution in [1.29, 1.82) is 0 Å². The highest BCUT2D eigenvalue weighted by atomic mass is 16.5. The molecule has 1 heterocycles. The topological polar surface area (TPSA) is 32.7 Å². The van der Waals surface area contributed by atoms with E-state index in [9.17, 15) is 5.11 Å². The van der Waals surface area contributed by atoms with Crippen LogP contribution in [0.2, 0.25) is 0 Å². The lowest BCUT2D eigenvalue weighted by atomic mass is 10.1. The van der Waals surface area contributed by atoms with Crippen LogP contribution in [0.3, 0.4) is 0 Å². The average Bonchev–Trinajstić information content (AvgIpc) is 2.21. The SMILES string of the molecule is CCCCOCCN1CCC(O)CC1. The van der Waals surface area contributed by atoms with Crippen LogP contribution in [0.1, 0.15) is 32.6 Å². The van der Waals surface area contributed by atoms with Gasteiger partial charge >= 0.3 is 0 Å². The minimum atomic E-state index is -0.0627. The van der Waals surface area contributed by atoms with Gasteiger partial charge in [0.1, 0.15) is 0 Å². The summed E-state index contributed by atoms with van der Waals surface area (Å²) in [4.78, 5) is 2.37. The molecule has 3 heteroatoms. The Bertz CT molecular complexity index is 133. The van der Waals surface area contributed by atoms with Crippen LogP contribution < -0.4 is 0 Å². The first kappa shape index (κ1) is 12.0. The molecule has 3 nitrogen and oxygen atoms in total. The third-order valence-corrected chi connectivity index (χ3v) is 2.75. The quantitative estimate of drug-likeness (QED) is 0.657. The van der Waals surface area contributed by atoms with Crippen LogP contribution in [0.15, 0.2) is 0 Å². The third-order valence-electron chi connectivity index (χ3n) is 2.75. The molecular formula is C11H23NO2. The first-order valence-electron chi connectivity index (χ1n) is 5.81. The monoisotopic (exact) mass is 201 g/mol. The summed E-state index contributed by atoms with van der Waals surface area (Å²) in [5.41, 5.74) is 0. The molecule has 0 radical (unpaired) electrons. The van der Waals surface area contributed by atoms with E-state index in [2.05, 4.69) is 11.8 Å². The molecule has 0 unspecified atom stereocenters. The van der Waals surface area contributed by atoms with Crippen molar-refractivity contribution in [2.75, 3.05) is 32.8 Å². The molecule has 1 N–H and O–H groups in total. The van der Waals surface area contributed by atoms with Crippen molar-refractivity contribution in [3.63, 3.8) is 0 Å². The van der Waals surface area contributed by atoms with Crippen molar-refractivity contribution < 1.29 is 9.84 Å². The lowest BCUT2D eigenvalue weighted by molar-refractivity contribution is 0.0551. The Morgan fingerprint density at radius 1 is 1.29 bits per heavy atom. The first-order chi connectivity index (χ1) is 6.83. The summed E-state index contributed by atoms with van der Waals surface area (Å²) >= 11 is 0. The van der Waals surface area contributed by atoms with Crippen LogP contribution in [0.25, 0.3) is 0 Å². The zero-order valence-electron chi connectivity index (χ0n) is 9.24. The third kappa shape index (κ3) is 4.94. The van der Waals surface area contributed by atoms with E-state index in [-0.39, 0.29) is 6.10 Å². The molecular weight excluding hydrogens is 178 g/mol. The molecule has 14 heavy (non-hydrogen) atoms. The maximum absolute atomic E-state index is 9.31. The van der Waals surface area contributed by atoms with Crippen molar-refractivity contribution in [3.05, 3.63) is 0 Å². The zero-order valence-corrected chi connectivity index (χ0v) is 9.24. The van der Waals surface area contributed by atoms with Gasteiger partial charge in [-0.1, -0.05) is 13.3 Å². The second kappa shape index (κ2) is 7.21. The number of rotatable bonds is 6. The minimum absolute atomic E-state index is 0.0627. The van der Waals surface area contributed by atoms with Gasteiger partial charge in [0.2, 0.25) is 0 Å². The summed E-state index contributed by atoms with van der Waals surface area (Å²) < 4.78 is 5.50. The molecule has 1 aliphatic rings. The van der Waals surface area contributed by atoms with Crippen molar-refractivity contribution >= 4 is 0 Å². The van der Waals surface area contributed by atoms with E-state index in [0.717, 1.165) is 45.7 Å². The number of hydrogen-bond acceptors (Lipinski definition) is 3. The summed E-state index contributed by atoms with van der Waals surface area (Å²) in [7, 11) is 0. The normalized spacial score (nSPS) is 20.1. The Labute approximate surface area is 87.1 Å². The standard InChI is InChI=1S/C11H23NO2/c1-2-3-9-14-10-8-12-6-4-11(13)5-7-12/h11,13H,2-10H2,1H3. The molecule has 0 atom stereocenters. The molecule has 1 saturated heterocycles. The zero-order chi connectivity index (χ0) is 10.2. The lowest BCUT2D eigenvalue weighted by Crippen LogP contribution is -2.37. The van der Waals surface area contributed by atoms with Gasteiger partial charge in [0.25, 0.3) is 0 Å². The second-order valence-corrected chi connectivity index (χ2v) is 4.04. The van der Waals surface area contributed by atoms with Gasteiger partial charge in [0.05, 0.1) is 12.7 Å². The molecule has 0 spiro atoms.